The molecule has 3 aromatic heterocycles. The lowest BCUT2D eigenvalue weighted by Gasteiger charge is -2.14. The van der Waals surface area contributed by atoms with Gasteiger partial charge in [-0.15, -0.1) is 0 Å². The Labute approximate surface area is 179 Å². The number of amides is 1. The molecule has 4 rings (SSSR count). The van der Waals surface area contributed by atoms with Crippen molar-refractivity contribution in [3.63, 3.8) is 0 Å². The normalized spacial score (nSPS) is 12.3. The Morgan fingerprint density at radius 2 is 2.03 bits per heavy atom. The molecule has 1 amide bonds. The van der Waals surface area contributed by atoms with Crippen LogP contribution < -0.4 is 5.32 Å². The molecule has 0 bridgehead atoms. The fourth-order valence-electron chi connectivity index (χ4n) is 3.57. The van der Waals surface area contributed by atoms with E-state index in [1.165, 1.54) is 0 Å². The molecular formula is C23H23ClN4O2. The maximum Gasteiger partial charge on any atom is 0.252 e. The number of furan rings is 1. The van der Waals surface area contributed by atoms with Crippen LogP contribution in [0.25, 0.3) is 16.7 Å². The minimum Gasteiger partial charge on any atom is -0.469 e. The first-order valence-corrected chi connectivity index (χ1v) is 10.3. The van der Waals surface area contributed by atoms with E-state index >= 15 is 0 Å². The van der Waals surface area contributed by atoms with Gasteiger partial charge in [-0.3, -0.25) is 4.79 Å². The third-order valence-electron chi connectivity index (χ3n) is 5.05. The van der Waals surface area contributed by atoms with Crippen molar-refractivity contribution < 1.29 is 9.21 Å². The Morgan fingerprint density at radius 3 is 2.77 bits per heavy atom. The summed E-state index contributed by atoms with van der Waals surface area (Å²) in [4.78, 5) is 17.8. The lowest BCUT2D eigenvalue weighted by Crippen LogP contribution is -2.33. The van der Waals surface area contributed by atoms with E-state index in [1.807, 2.05) is 63.2 Å². The van der Waals surface area contributed by atoms with Gasteiger partial charge in [0.2, 0.25) is 0 Å². The summed E-state index contributed by atoms with van der Waals surface area (Å²) in [5, 5.41) is 9.03. The number of benzene rings is 1. The van der Waals surface area contributed by atoms with Crippen molar-refractivity contribution in [3.8, 4) is 5.69 Å². The highest BCUT2D eigenvalue weighted by Crippen LogP contribution is 2.28. The maximum absolute atomic E-state index is 13.1. The van der Waals surface area contributed by atoms with Crippen LogP contribution in [0.4, 0.5) is 0 Å². The van der Waals surface area contributed by atoms with E-state index in [9.17, 15) is 4.79 Å². The zero-order valence-corrected chi connectivity index (χ0v) is 17.9. The second-order valence-electron chi connectivity index (χ2n) is 7.45. The van der Waals surface area contributed by atoms with E-state index in [2.05, 4.69) is 15.4 Å². The van der Waals surface area contributed by atoms with Crippen LogP contribution in [0.1, 0.15) is 40.9 Å². The van der Waals surface area contributed by atoms with Crippen molar-refractivity contribution >= 4 is 28.5 Å². The van der Waals surface area contributed by atoms with Crippen molar-refractivity contribution in [2.24, 2.45) is 0 Å². The Hall–Kier alpha value is -3.12. The minimum atomic E-state index is -0.140. The number of fused-ring (bicyclic) bond motifs is 1. The van der Waals surface area contributed by atoms with Gasteiger partial charge in [0, 0.05) is 18.2 Å². The summed E-state index contributed by atoms with van der Waals surface area (Å²) in [6.45, 7) is 5.74. The molecule has 0 aliphatic heterocycles. The van der Waals surface area contributed by atoms with Gasteiger partial charge in [-0.05, 0) is 57.5 Å². The summed E-state index contributed by atoms with van der Waals surface area (Å²) in [6, 6.07) is 13.1. The van der Waals surface area contributed by atoms with E-state index in [-0.39, 0.29) is 11.9 Å². The van der Waals surface area contributed by atoms with Crippen LogP contribution in [0.2, 0.25) is 5.02 Å². The van der Waals surface area contributed by atoms with Gasteiger partial charge < -0.3 is 9.73 Å². The number of aryl methyl sites for hydroxylation is 3. The molecule has 0 aliphatic carbocycles. The molecular weight excluding hydrogens is 400 g/mol. The van der Waals surface area contributed by atoms with E-state index < -0.39 is 0 Å². The highest BCUT2D eigenvalue weighted by Gasteiger charge is 2.21. The molecule has 1 atom stereocenters. The van der Waals surface area contributed by atoms with Crippen molar-refractivity contribution in [3.05, 3.63) is 76.5 Å². The average molecular weight is 423 g/mol. The summed E-state index contributed by atoms with van der Waals surface area (Å²) in [6.07, 6.45) is 3.21. The summed E-state index contributed by atoms with van der Waals surface area (Å²) < 4.78 is 7.08. The number of hydrogen-bond donors (Lipinski definition) is 1. The SMILES string of the molecule is Cc1cc(C(=O)NC(C)CCc2ccco2)c2c(C)nn(-c3ccccc3Cl)c2n1. The van der Waals surface area contributed by atoms with Crippen molar-refractivity contribution in [1.82, 2.24) is 20.1 Å². The van der Waals surface area contributed by atoms with Gasteiger partial charge in [0.25, 0.3) is 5.91 Å². The molecule has 30 heavy (non-hydrogen) atoms. The number of carbonyl (C=O) groups is 1. The van der Waals surface area contributed by atoms with Gasteiger partial charge in [-0.1, -0.05) is 23.7 Å². The topological polar surface area (TPSA) is 73.0 Å². The lowest BCUT2D eigenvalue weighted by molar-refractivity contribution is 0.0939. The molecule has 0 aliphatic rings. The summed E-state index contributed by atoms with van der Waals surface area (Å²) >= 11 is 6.38. The van der Waals surface area contributed by atoms with Gasteiger partial charge in [0.1, 0.15) is 5.76 Å². The number of hydrogen-bond acceptors (Lipinski definition) is 4. The van der Waals surface area contributed by atoms with Gasteiger partial charge in [-0.2, -0.15) is 5.10 Å². The fourth-order valence-corrected chi connectivity index (χ4v) is 3.79. The van der Waals surface area contributed by atoms with E-state index in [4.69, 9.17) is 16.0 Å². The molecule has 3 heterocycles. The first kappa shape index (κ1) is 20.2. The van der Waals surface area contributed by atoms with Crippen LogP contribution in [0.5, 0.6) is 0 Å². The van der Waals surface area contributed by atoms with E-state index in [0.717, 1.165) is 41.1 Å². The largest absolute Gasteiger partial charge is 0.469 e. The van der Waals surface area contributed by atoms with Crippen LogP contribution in [-0.2, 0) is 6.42 Å². The molecule has 0 spiro atoms. The zero-order valence-electron chi connectivity index (χ0n) is 17.1. The lowest BCUT2D eigenvalue weighted by atomic mass is 10.1. The molecule has 0 saturated carbocycles. The molecule has 6 nitrogen and oxygen atoms in total. The van der Waals surface area contributed by atoms with Crippen molar-refractivity contribution in [1.29, 1.82) is 0 Å². The van der Waals surface area contributed by atoms with Crippen LogP contribution in [0.15, 0.2) is 53.1 Å². The summed E-state index contributed by atoms with van der Waals surface area (Å²) in [5.74, 6) is 0.773. The number of rotatable bonds is 6. The highest BCUT2D eigenvalue weighted by molar-refractivity contribution is 6.32. The number of aromatic nitrogens is 3. The Bertz CT molecular complexity index is 1200. The first-order valence-electron chi connectivity index (χ1n) is 9.89. The number of nitrogens with one attached hydrogen (secondary N) is 1. The number of carbonyl (C=O) groups excluding carboxylic acids is 1. The monoisotopic (exact) mass is 422 g/mol. The number of halogens is 1. The van der Waals surface area contributed by atoms with Gasteiger partial charge >= 0.3 is 0 Å². The molecule has 0 radical (unpaired) electrons. The third-order valence-corrected chi connectivity index (χ3v) is 5.37. The molecule has 4 aromatic rings. The van der Waals surface area contributed by atoms with Gasteiger partial charge in [-0.25, -0.2) is 9.67 Å². The smallest absolute Gasteiger partial charge is 0.252 e. The second-order valence-corrected chi connectivity index (χ2v) is 7.86. The minimum absolute atomic E-state index is 0.00922. The molecule has 154 valence electrons. The van der Waals surface area contributed by atoms with Crippen molar-refractivity contribution in [2.75, 3.05) is 0 Å². The Morgan fingerprint density at radius 1 is 1.23 bits per heavy atom. The predicted molar refractivity (Wildman–Crippen MR) is 117 cm³/mol. The van der Waals surface area contributed by atoms with Gasteiger partial charge in [0.05, 0.1) is 33.6 Å². The molecule has 1 unspecified atom stereocenters. The van der Waals surface area contributed by atoms with Crippen LogP contribution in [0.3, 0.4) is 0 Å². The molecule has 1 N–H and O–H groups in total. The summed E-state index contributed by atoms with van der Waals surface area (Å²) in [7, 11) is 0. The standard InChI is InChI=1S/C23H23ClN4O2/c1-14(10-11-17-7-6-12-30-17)26-23(29)18-13-15(2)25-22-21(18)16(3)27-28(22)20-9-5-4-8-19(20)24/h4-9,12-14H,10-11H2,1-3H3,(H,26,29). The van der Waals surface area contributed by atoms with Crippen molar-refractivity contribution in [2.45, 2.75) is 39.7 Å². The van der Waals surface area contributed by atoms with Crippen LogP contribution in [-0.4, -0.2) is 26.7 Å². The summed E-state index contributed by atoms with van der Waals surface area (Å²) in [5.41, 5.74) is 3.38. The molecule has 1 aromatic carbocycles. The molecule has 0 saturated heterocycles. The molecule has 0 fully saturated rings. The van der Waals surface area contributed by atoms with E-state index in [0.29, 0.717) is 16.2 Å². The Balaban J connectivity index is 1.66. The zero-order chi connectivity index (χ0) is 21.3. The quantitative estimate of drug-likeness (QED) is 0.472. The maximum atomic E-state index is 13.1. The van der Waals surface area contributed by atoms with Crippen LogP contribution >= 0.6 is 11.6 Å². The fraction of sp³-hybridized carbons (Fsp3) is 0.261. The van der Waals surface area contributed by atoms with E-state index in [1.54, 1.807) is 10.9 Å². The predicted octanol–water partition coefficient (Wildman–Crippen LogP) is 5.03. The molecule has 7 heteroatoms. The number of nitrogens with zero attached hydrogens (tertiary/aromatic N) is 3. The van der Waals surface area contributed by atoms with Crippen LogP contribution in [0, 0.1) is 13.8 Å². The highest BCUT2D eigenvalue weighted by atomic mass is 35.5. The third kappa shape index (κ3) is 3.96. The average Bonchev–Trinajstić information content (AvgIpc) is 3.34. The Kier molecular flexibility index (Phi) is 5.59. The number of para-hydroxylation sites is 1. The van der Waals surface area contributed by atoms with Gasteiger partial charge in [0.15, 0.2) is 5.65 Å². The first-order chi connectivity index (χ1) is 14.4. The second kappa shape index (κ2) is 8.32. The number of pyridine rings is 1.